The second-order valence-electron chi connectivity index (χ2n) is 5.86. The van der Waals surface area contributed by atoms with Gasteiger partial charge in [-0.05, 0) is 40.2 Å². The van der Waals surface area contributed by atoms with Crippen molar-refractivity contribution in [2.24, 2.45) is 0 Å². The summed E-state index contributed by atoms with van der Waals surface area (Å²) >= 11 is 1.66. The molecular formula is C15H24N4OS. The number of nitrogens with zero attached hydrogens (tertiary/aromatic N) is 3. The first-order chi connectivity index (χ1) is 9.79. The zero-order valence-corrected chi connectivity index (χ0v) is 14.2. The van der Waals surface area contributed by atoms with Crippen LogP contribution in [-0.4, -0.2) is 38.7 Å². The van der Waals surface area contributed by atoms with Gasteiger partial charge in [0.05, 0.1) is 18.0 Å². The minimum absolute atomic E-state index is 0.312. The zero-order valence-electron chi connectivity index (χ0n) is 13.3. The molecule has 1 unspecified atom stereocenters. The van der Waals surface area contributed by atoms with Crippen LogP contribution < -0.4 is 5.73 Å². The minimum atomic E-state index is -0.375. The van der Waals surface area contributed by atoms with Crippen molar-refractivity contribution < 1.29 is 5.11 Å². The van der Waals surface area contributed by atoms with Gasteiger partial charge in [0.1, 0.15) is 16.5 Å². The topological polar surface area (TPSA) is 75.3 Å². The molecule has 0 aliphatic heterocycles. The molecule has 6 heteroatoms. The van der Waals surface area contributed by atoms with Gasteiger partial charge in [-0.25, -0.2) is 9.97 Å². The number of aromatic nitrogens is 2. The summed E-state index contributed by atoms with van der Waals surface area (Å²) in [5, 5.41) is 10.6. The maximum atomic E-state index is 9.61. The van der Waals surface area contributed by atoms with E-state index in [1.807, 2.05) is 0 Å². The van der Waals surface area contributed by atoms with E-state index in [0.717, 1.165) is 16.0 Å². The van der Waals surface area contributed by atoms with E-state index in [4.69, 9.17) is 5.73 Å². The lowest BCUT2D eigenvalue weighted by atomic mass is 10.2. The fourth-order valence-corrected chi connectivity index (χ4v) is 3.43. The first-order valence-corrected chi connectivity index (χ1v) is 8.05. The molecule has 0 aromatic carbocycles. The standard InChI is InChI=1S/C15H24N4OS/c1-8(2)19(6-9(3)20)7-12-17-14(16)13-10(4)11(5)21-15(13)18-12/h8-9,20H,6-7H2,1-5H3,(H2,16,17,18). The highest BCUT2D eigenvalue weighted by Gasteiger charge is 2.17. The Labute approximate surface area is 129 Å². The summed E-state index contributed by atoms with van der Waals surface area (Å²) in [6.45, 7) is 11.3. The van der Waals surface area contributed by atoms with Crippen molar-refractivity contribution >= 4 is 27.4 Å². The van der Waals surface area contributed by atoms with Gasteiger partial charge in [0.15, 0.2) is 0 Å². The number of aliphatic hydroxyl groups excluding tert-OH is 1. The van der Waals surface area contributed by atoms with Gasteiger partial charge in [0, 0.05) is 17.5 Å². The quantitative estimate of drug-likeness (QED) is 0.887. The molecule has 0 saturated heterocycles. The van der Waals surface area contributed by atoms with Gasteiger partial charge in [0.25, 0.3) is 0 Å². The number of thiophene rings is 1. The fraction of sp³-hybridized carbons (Fsp3) is 0.600. The number of anilines is 1. The minimum Gasteiger partial charge on any atom is -0.392 e. The molecular weight excluding hydrogens is 284 g/mol. The number of hydrogen-bond acceptors (Lipinski definition) is 6. The van der Waals surface area contributed by atoms with E-state index in [2.05, 4.69) is 42.6 Å². The SMILES string of the molecule is Cc1sc2nc(CN(CC(C)O)C(C)C)nc(N)c2c1C. The lowest BCUT2D eigenvalue weighted by Gasteiger charge is -2.26. The fourth-order valence-electron chi connectivity index (χ4n) is 2.38. The summed E-state index contributed by atoms with van der Waals surface area (Å²) < 4.78 is 0. The summed E-state index contributed by atoms with van der Waals surface area (Å²) in [5.41, 5.74) is 7.28. The van der Waals surface area contributed by atoms with Gasteiger partial charge < -0.3 is 10.8 Å². The molecule has 0 radical (unpaired) electrons. The van der Waals surface area contributed by atoms with Gasteiger partial charge in [-0.15, -0.1) is 11.3 Å². The number of nitrogen functional groups attached to an aromatic ring is 1. The first-order valence-electron chi connectivity index (χ1n) is 7.23. The highest BCUT2D eigenvalue weighted by atomic mass is 32.1. The molecule has 1 atom stereocenters. The Morgan fingerprint density at radius 3 is 2.48 bits per heavy atom. The van der Waals surface area contributed by atoms with E-state index in [1.165, 1.54) is 10.4 Å². The number of aryl methyl sites for hydroxylation is 2. The molecule has 2 aromatic heterocycles. The van der Waals surface area contributed by atoms with Crippen LogP contribution >= 0.6 is 11.3 Å². The normalized spacial score (nSPS) is 13.5. The van der Waals surface area contributed by atoms with E-state index in [-0.39, 0.29) is 6.10 Å². The second-order valence-corrected chi connectivity index (χ2v) is 7.06. The van der Waals surface area contributed by atoms with Crippen LogP contribution in [0.3, 0.4) is 0 Å². The summed E-state index contributed by atoms with van der Waals surface area (Å²) in [5.74, 6) is 1.27. The molecule has 0 fully saturated rings. The van der Waals surface area contributed by atoms with Gasteiger partial charge in [-0.3, -0.25) is 4.90 Å². The maximum Gasteiger partial charge on any atom is 0.146 e. The van der Waals surface area contributed by atoms with Gasteiger partial charge >= 0.3 is 0 Å². The second kappa shape index (κ2) is 6.25. The third-order valence-electron chi connectivity index (χ3n) is 3.68. The largest absolute Gasteiger partial charge is 0.392 e. The van der Waals surface area contributed by atoms with Gasteiger partial charge in [0.2, 0.25) is 0 Å². The van der Waals surface area contributed by atoms with Crippen molar-refractivity contribution in [2.75, 3.05) is 12.3 Å². The van der Waals surface area contributed by atoms with Crippen molar-refractivity contribution in [1.29, 1.82) is 0 Å². The van der Waals surface area contributed by atoms with Crippen LogP contribution in [-0.2, 0) is 6.54 Å². The zero-order chi connectivity index (χ0) is 15.7. The number of hydrogen-bond donors (Lipinski definition) is 2. The van der Waals surface area contributed by atoms with Crippen LogP contribution in [0.25, 0.3) is 10.2 Å². The highest BCUT2D eigenvalue weighted by Crippen LogP contribution is 2.32. The van der Waals surface area contributed by atoms with E-state index >= 15 is 0 Å². The van der Waals surface area contributed by atoms with Crippen molar-refractivity contribution in [3.8, 4) is 0 Å². The van der Waals surface area contributed by atoms with Crippen LogP contribution in [0.5, 0.6) is 0 Å². The molecule has 0 saturated carbocycles. The van der Waals surface area contributed by atoms with Crippen LogP contribution in [0, 0.1) is 13.8 Å². The Morgan fingerprint density at radius 2 is 1.90 bits per heavy atom. The molecule has 0 aliphatic rings. The Hall–Kier alpha value is -1.24. The van der Waals surface area contributed by atoms with Gasteiger partial charge in [-0.1, -0.05) is 0 Å². The predicted molar refractivity (Wildman–Crippen MR) is 88.5 cm³/mol. The number of rotatable bonds is 5. The van der Waals surface area contributed by atoms with Crippen molar-refractivity contribution in [3.05, 3.63) is 16.3 Å². The third-order valence-corrected chi connectivity index (χ3v) is 4.78. The third kappa shape index (κ3) is 3.51. The monoisotopic (exact) mass is 308 g/mol. The predicted octanol–water partition coefficient (Wildman–Crippen LogP) is 2.48. The van der Waals surface area contributed by atoms with Crippen LogP contribution in [0.2, 0.25) is 0 Å². The summed E-state index contributed by atoms with van der Waals surface area (Å²) in [6.07, 6.45) is -0.375. The van der Waals surface area contributed by atoms with Crippen molar-refractivity contribution in [1.82, 2.24) is 14.9 Å². The molecule has 2 rings (SSSR count). The lowest BCUT2D eigenvalue weighted by molar-refractivity contribution is 0.101. The Balaban J connectivity index is 2.34. The molecule has 0 aliphatic carbocycles. The molecule has 3 N–H and O–H groups in total. The molecule has 0 spiro atoms. The van der Waals surface area contributed by atoms with Crippen LogP contribution in [0.15, 0.2) is 0 Å². The molecule has 116 valence electrons. The molecule has 0 amide bonds. The summed E-state index contributed by atoms with van der Waals surface area (Å²) in [4.78, 5) is 13.4. The Kier molecular flexibility index (Phi) is 4.81. The van der Waals surface area contributed by atoms with E-state index in [9.17, 15) is 5.11 Å². The highest BCUT2D eigenvalue weighted by molar-refractivity contribution is 7.18. The van der Waals surface area contributed by atoms with Crippen LogP contribution in [0.4, 0.5) is 5.82 Å². The Morgan fingerprint density at radius 1 is 1.24 bits per heavy atom. The molecule has 2 heterocycles. The number of nitrogens with two attached hydrogens (primary N) is 1. The van der Waals surface area contributed by atoms with Crippen molar-refractivity contribution in [3.63, 3.8) is 0 Å². The van der Waals surface area contributed by atoms with Crippen LogP contribution in [0.1, 0.15) is 37.0 Å². The summed E-state index contributed by atoms with van der Waals surface area (Å²) in [7, 11) is 0. The maximum absolute atomic E-state index is 9.61. The van der Waals surface area contributed by atoms with Gasteiger partial charge in [-0.2, -0.15) is 0 Å². The average molecular weight is 308 g/mol. The number of fused-ring (bicyclic) bond motifs is 1. The van der Waals surface area contributed by atoms with E-state index in [0.29, 0.717) is 24.9 Å². The first kappa shape index (κ1) is 16.1. The number of aliphatic hydroxyl groups is 1. The smallest absolute Gasteiger partial charge is 0.146 e. The Bertz CT molecular complexity index is 636. The summed E-state index contributed by atoms with van der Waals surface area (Å²) in [6, 6.07) is 0.312. The molecule has 21 heavy (non-hydrogen) atoms. The average Bonchev–Trinajstić information content (AvgIpc) is 2.63. The molecule has 2 aromatic rings. The van der Waals surface area contributed by atoms with E-state index in [1.54, 1.807) is 18.3 Å². The van der Waals surface area contributed by atoms with E-state index < -0.39 is 0 Å². The molecule has 0 bridgehead atoms. The van der Waals surface area contributed by atoms with Crippen molar-refractivity contribution in [2.45, 2.75) is 53.3 Å². The lowest BCUT2D eigenvalue weighted by Crippen LogP contribution is -2.36. The molecule has 5 nitrogen and oxygen atoms in total.